The summed E-state index contributed by atoms with van der Waals surface area (Å²) in [5.74, 6) is -1.79. The van der Waals surface area contributed by atoms with Gasteiger partial charge in [-0.2, -0.15) is 0 Å². The number of aliphatic carboxylic acids is 1. The maximum absolute atomic E-state index is 12.6. The smallest absolute Gasteiger partial charge is 0.326 e. The molecule has 0 aliphatic rings. The number of carboxylic acids is 1. The van der Waals surface area contributed by atoms with Gasteiger partial charge in [0, 0.05) is 0 Å². The molecular weight excluding hydrogens is 218 g/mol. The summed E-state index contributed by atoms with van der Waals surface area (Å²) in [6, 6.07) is 3.56. The topological polar surface area (TPSA) is 37.3 Å². The average Bonchev–Trinajstić information content (AvgIpc) is 2.08. The van der Waals surface area contributed by atoms with Crippen LogP contribution in [0.3, 0.4) is 0 Å². The maximum atomic E-state index is 12.6. The normalized spacial score (nSPS) is 12.5. The summed E-state index contributed by atoms with van der Waals surface area (Å²) in [4.78, 5) is 10.4. The van der Waals surface area contributed by atoms with E-state index in [0.29, 0.717) is 0 Å². The van der Waals surface area contributed by atoms with Gasteiger partial charge < -0.3 is 5.11 Å². The minimum absolute atomic E-state index is 0.135. The number of hydrogen-bond donors (Lipinski definition) is 1. The summed E-state index contributed by atoms with van der Waals surface area (Å²) in [5, 5.41) is 7.20. The molecule has 0 aliphatic carbocycles. The zero-order chi connectivity index (χ0) is 10.0. The molecule has 0 aliphatic heterocycles. The fourth-order valence-corrected chi connectivity index (χ4v) is 1.14. The molecule has 1 aromatic rings. The van der Waals surface area contributed by atoms with E-state index < -0.39 is 17.2 Å². The molecule has 1 aromatic carbocycles. The minimum atomic E-state index is -1.20. The molecule has 0 saturated heterocycles. The van der Waals surface area contributed by atoms with Gasteiger partial charge in [-0.25, -0.2) is 4.39 Å². The molecule has 1 rings (SSSR count). The van der Waals surface area contributed by atoms with Gasteiger partial charge in [-0.3, -0.25) is 4.79 Å². The maximum Gasteiger partial charge on any atom is 0.326 e. The Morgan fingerprint density at radius 3 is 2.62 bits per heavy atom. The number of hydrogen-bond acceptors (Lipinski definition) is 1. The van der Waals surface area contributed by atoms with Gasteiger partial charge in [-0.05, 0) is 17.7 Å². The summed E-state index contributed by atoms with van der Waals surface area (Å²) in [7, 11) is 0. The van der Waals surface area contributed by atoms with E-state index in [2.05, 4.69) is 0 Å². The largest absolute Gasteiger partial charge is 0.480 e. The fraction of sp³-hybridized carbons (Fsp3) is 0.125. The molecule has 1 atom stereocenters. The van der Waals surface area contributed by atoms with Crippen LogP contribution in [0.25, 0.3) is 0 Å². The van der Waals surface area contributed by atoms with Gasteiger partial charge in [-0.1, -0.05) is 17.7 Å². The molecule has 70 valence electrons. The minimum Gasteiger partial charge on any atom is -0.480 e. The monoisotopic (exact) mass is 222 g/mol. The van der Waals surface area contributed by atoms with Crippen LogP contribution in [-0.4, -0.2) is 11.1 Å². The van der Waals surface area contributed by atoms with Crippen LogP contribution >= 0.6 is 23.2 Å². The zero-order valence-corrected chi connectivity index (χ0v) is 7.81. The Morgan fingerprint density at radius 2 is 2.15 bits per heavy atom. The molecule has 0 amide bonds. The highest BCUT2D eigenvalue weighted by molar-refractivity contribution is 6.32. The molecule has 0 fully saturated rings. The van der Waals surface area contributed by atoms with E-state index in [1.807, 2.05) is 0 Å². The number of carbonyl (C=O) groups is 1. The second kappa shape index (κ2) is 3.94. The predicted octanol–water partition coefficient (Wildman–Crippen LogP) is 2.84. The first kappa shape index (κ1) is 10.3. The van der Waals surface area contributed by atoms with Gasteiger partial charge >= 0.3 is 5.97 Å². The third-order valence-corrected chi connectivity index (χ3v) is 2.18. The highest BCUT2D eigenvalue weighted by atomic mass is 35.5. The van der Waals surface area contributed by atoms with Crippen molar-refractivity contribution in [2.45, 2.75) is 5.38 Å². The van der Waals surface area contributed by atoms with Crippen LogP contribution in [0.5, 0.6) is 0 Å². The first-order chi connectivity index (χ1) is 6.02. The highest BCUT2D eigenvalue weighted by Gasteiger charge is 2.17. The number of halogens is 3. The SMILES string of the molecule is O=C(O)C(Cl)c1ccc(F)c(Cl)c1. The van der Waals surface area contributed by atoms with E-state index >= 15 is 0 Å². The molecular formula is C8H5Cl2FO2. The van der Waals surface area contributed by atoms with Crippen molar-refractivity contribution >= 4 is 29.2 Å². The molecule has 0 saturated carbocycles. The quantitative estimate of drug-likeness (QED) is 0.782. The Kier molecular flexibility index (Phi) is 3.12. The third kappa shape index (κ3) is 2.32. The second-order valence-corrected chi connectivity index (χ2v) is 3.22. The van der Waals surface area contributed by atoms with Gasteiger partial charge in [0.15, 0.2) is 5.38 Å². The first-order valence-electron chi connectivity index (χ1n) is 3.34. The van der Waals surface area contributed by atoms with Crippen LogP contribution in [-0.2, 0) is 4.79 Å². The Bertz CT molecular complexity index is 341. The Morgan fingerprint density at radius 1 is 1.54 bits per heavy atom. The van der Waals surface area contributed by atoms with Crippen molar-refractivity contribution < 1.29 is 14.3 Å². The number of carboxylic acid groups (broad SMARTS) is 1. The molecule has 0 radical (unpaired) electrons. The standard InChI is InChI=1S/C8H5Cl2FO2/c9-5-3-4(1-2-6(5)11)7(10)8(12)13/h1-3,7H,(H,12,13). The number of alkyl halides is 1. The van der Waals surface area contributed by atoms with E-state index in [4.69, 9.17) is 28.3 Å². The van der Waals surface area contributed by atoms with Crippen molar-refractivity contribution in [1.82, 2.24) is 0 Å². The van der Waals surface area contributed by atoms with Crippen LogP contribution in [0.15, 0.2) is 18.2 Å². The summed E-state index contributed by atoms with van der Waals surface area (Å²) >= 11 is 10.9. The van der Waals surface area contributed by atoms with Crippen molar-refractivity contribution in [3.8, 4) is 0 Å². The van der Waals surface area contributed by atoms with Gasteiger partial charge in [0.25, 0.3) is 0 Å². The first-order valence-corrected chi connectivity index (χ1v) is 4.15. The van der Waals surface area contributed by atoms with Crippen molar-refractivity contribution in [1.29, 1.82) is 0 Å². The molecule has 2 nitrogen and oxygen atoms in total. The van der Waals surface area contributed by atoms with Crippen LogP contribution in [0.2, 0.25) is 5.02 Å². The third-order valence-electron chi connectivity index (χ3n) is 1.45. The van der Waals surface area contributed by atoms with E-state index in [9.17, 15) is 9.18 Å². The highest BCUT2D eigenvalue weighted by Crippen LogP contribution is 2.25. The van der Waals surface area contributed by atoms with Gasteiger partial charge in [-0.15, -0.1) is 11.6 Å². The lowest BCUT2D eigenvalue weighted by molar-refractivity contribution is -0.136. The second-order valence-electron chi connectivity index (χ2n) is 2.37. The van der Waals surface area contributed by atoms with Crippen molar-refractivity contribution in [2.75, 3.05) is 0 Å². The lowest BCUT2D eigenvalue weighted by Crippen LogP contribution is -2.04. The van der Waals surface area contributed by atoms with Crippen LogP contribution in [0.1, 0.15) is 10.9 Å². The molecule has 0 aromatic heterocycles. The molecule has 0 bridgehead atoms. The molecule has 5 heteroatoms. The van der Waals surface area contributed by atoms with E-state index in [-0.39, 0.29) is 10.6 Å². The van der Waals surface area contributed by atoms with E-state index in [0.717, 1.165) is 6.07 Å². The van der Waals surface area contributed by atoms with Gasteiger partial charge in [0.05, 0.1) is 5.02 Å². The summed E-state index contributed by atoms with van der Waals surface area (Å²) in [6.45, 7) is 0. The predicted molar refractivity (Wildman–Crippen MR) is 47.6 cm³/mol. The average molecular weight is 223 g/mol. The Labute approximate surface area is 83.9 Å². The molecule has 0 spiro atoms. The van der Waals surface area contributed by atoms with Crippen molar-refractivity contribution in [2.24, 2.45) is 0 Å². The lowest BCUT2D eigenvalue weighted by atomic mass is 10.1. The van der Waals surface area contributed by atoms with Gasteiger partial charge in [0.2, 0.25) is 0 Å². The molecule has 1 N–H and O–H groups in total. The molecule has 13 heavy (non-hydrogen) atoms. The summed E-state index contributed by atoms with van der Waals surface area (Å²) < 4.78 is 12.6. The van der Waals surface area contributed by atoms with Crippen molar-refractivity contribution in [3.63, 3.8) is 0 Å². The van der Waals surface area contributed by atoms with Crippen molar-refractivity contribution in [3.05, 3.63) is 34.6 Å². The Hall–Kier alpha value is -0.800. The van der Waals surface area contributed by atoms with E-state index in [1.54, 1.807) is 0 Å². The van der Waals surface area contributed by atoms with Crippen LogP contribution in [0.4, 0.5) is 4.39 Å². The zero-order valence-electron chi connectivity index (χ0n) is 6.30. The lowest BCUT2D eigenvalue weighted by Gasteiger charge is -2.04. The summed E-state index contributed by atoms with van der Waals surface area (Å²) in [6.07, 6.45) is 0. The van der Waals surface area contributed by atoms with E-state index in [1.165, 1.54) is 12.1 Å². The molecule has 1 unspecified atom stereocenters. The fourth-order valence-electron chi connectivity index (χ4n) is 0.813. The van der Waals surface area contributed by atoms with Crippen LogP contribution in [0, 0.1) is 5.82 Å². The van der Waals surface area contributed by atoms with Crippen LogP contribution < -0.4 is 0 Å². The number of rotatable bonds is 2. The number of benzene rings is 1. The summed E-state index contributed by atoms with van der Waals surface area (Å²) in [5.41, 5.74) is 0.264. The Balaban J connectivity index is 3.03. The van der Waals surface area contributed by atoms with Gasteiger partial charge in [0.1, 0.15) is 5.82 Å². The molecule has 0 heterocycles.